The summed E-state index contributed by atoms with van der Waals surface area (Å²) in [5.41, 5.74) is 4.99. The van der Waals surface area contributed by atoms with Crippen molar-refractivity contribution >= 4 is 22.6 Å². The molecule has 0 atom stereocenters. The number of allylic oxidation sites excluding steroid dienone is 1. The zero-order chi connectivity index (χ0) is 14.8. The molecule has 2 aromatic carbocycles. The maximum Gasteiger partial charge on any atom is 0.141 e. The maximum absolute atomic E-state index is 10.0. The number of aryl methyl sites for hydroxylation is 1. The highest BCUT2D eigenvalue weighted by Crippen LogP contribution is 2.30. The molecule has 0 aliphatic heterocycles. The van der Waals surface area contributed by atoms with E-state index < -0.39 is 0 Å². The molecule has 0 bridgehead atoms. The number of benzene rings is 2. The van der Waals surface area contributed by atoms with Gasteiger partial charge in [0, 0.05) is 11.1 Å². The van der Waals surface area contributed by atoms with E-state index in [0.29, 0.717) is 5.52 Å². The minimum Gasteiger partial charge on any atom is -0.506 e. The number of hydrogen-bond donors (Lipinski definition) is 1. The Morgan fingerprint density at radius 2 is 1.81 bits per heavy atom. The lowest BCUT2D eigenvalue weighted by Crippen LogP contribution is -1.91. The average molecular weight is 275 g/mol. The summed E-state index contributed by atoms with van der Waals surface area (Å²) in [6, 6.07) is 17.8. The van der Waals surface area contributed by atoms with Crippen LogP contribution in [0.2, 0.25) is 0 Å². The van der Waals surface area contributed by atoms with E-state index in [0.717, 1.165) is 27.8 Å². The quantitative estimate of drug-likeness (QED) is 0.728. The molecule has 2 nitrogen and oxygen atoms in total. The Hall–Kier alpha value is -2.61. The summed E-state index contributed by atoms with van der Waals surface area (Å²) < 4.78 is 0. The Kier molecular flexibility index (Phi) is 3.44. The first kappa shape index (κ1) is 13.4. The van der Waals surface area contributed by atoms with Crippen LogP contribution in [0, 0.1) is 6.92 Å². The van der Waals surface area contributed by atoms with Crippen molar-refractivity contribution in [3.05, 3.63) is 71.4 Å². The van der Waals surface area contributed by atoms with Gasteiger partial charge in [0.05, 0.1) is 0 Å². The van der Waals surface area contributed by atoms with Gasteiger partial charge in [-0.05, 0) is 42.7 Å². The van der Waals surface area contributed by atoms with E-state index >= 15 is 0 Å². The standard InChI is InChI=1S/C19H17NO/c1-13(11-15-7-4-3-5-8-15)17-12-14(2)20-19-16(17)9-6-10-18(19)21/h3-12,21H,1-2H3/b13-11+. The van der Waals surface area contributed by atoms with E-state index in [1.54, 1.807) is 6.07 Å². The Bertz CT molecular complexity index is 820. The third-order valence-corrected chi connectivity index (χ3v) is 3.55. The molecular formula is C19H17NO. The lowest BCUT2D eigenvalue weighted by Gasteiger charge is -2.09. The molecule has 0 unspecified atom stereocenters. The average Bonchev–Trinajstić information content (AvgIpc) is 2.48. The zero-order valence-electron chi connectivity index (χ0n) is 12.2. The van der Waals surface area contributed by atoms with Crippen LogP contribution in [0.25, 0.3) is 22.6 Å². The number of aromatic nitrogens is 1. The van der Waals surface area contributed by atoms with Crippen LogP contribution in [0.5, 0.6) is 5.75 Å². The predicted octanol–water partition coefficient (Wildman–Crippen LogP) is 4.81. The smallest absolute Gasteiger partial charge is 0.141 e. The lowest BCUT2D eigenvalue weighted by atomic mass is 9.99. The molecule has 0 amide bonds. The van der Waals surface area contributed by atoms with Crippen molar-refractivity contribution in [2.45, 2.75) is 13.8 Å². The molecule has 1 N–H and O–H groups in total. The molecule has 104 valence electrons. The lowest BCUT2D eigenvalue weighted by molar-refractivity contribution is 0.480. The fourth-order valence-corrected chi connectivity index (χ4v) is 2.56. The number of phenols is 1. The molecule has 0 spiro atoms. The Morgan fingerprint density at radius 3 is 2.57 bits per heavy atom. The minimum atomic E-state index is 0.227. The summed E-state index contributed by atoms with van der Waals surface area (Å²) >= 11 is 0. The molecule has 0 aliphatic rings. The number of aromatic hydroxyl groups is 1. The maximum atomic E-state index is 10.0. The first-order chi connectivity index (χ1) is 10.1. The second-order valence-corrected chi connectivity index (χ2v) is 5.22. The molecule has 3 aromatic rings. The molecule has 0 radical (unpaired) electrons. The number of phenolic OH excluding ortho intramolecular Hbond substituents is 1. The number of hydrogen-bond acceptors (Lipinski definition) is 2. The van der Waals surface area contributed by atoms with E-state index in [-0.39, 0.29) is 5.75 Å². The van der Waals surface area contributed by atoms with Crippen LogP contribution in [0.3, 0.4) is 0 Å². The molecular weight excluding hydrogens is 258 g/mol. The number of fused-ring (bicyclic) bond motifs is 1. The van der Waals surface area contributed by atoms with Crippen molar-refractivity contribution in [1.29, 1.82) is 0 Å². The summed E-state index contributed by atoms with van der Waals surface area (Å²) in [6.45, 7) is 4.04. The van der Waals surface area contributed by atoms with Crippen LogP contribution in [0.1, 0.15) is 23.7 Å². The van der Waals surface area contributed by atoms with E-state index in [9.17, 15) is 5.11 Å². The Morgan fingerprint density at radius 1 is 1.05 bits per heavy atom. The van der Waals surface area contributed by atoms with Gasteiger partial charge in [-0.1, -0.05) is 48.5 Å². The van der Waals surface area contributed by atoms with Crippen molar-refractivity contribution in [2.24, 2.45) is 0 Å². The molecule has 0 saturated heterocycles. The molecule has 0 aliphatic carbocycles. The minimum absolute atomic E-state index is 0.227. The Labute approximate surface area is 124 Å². The van der Waals surface area contributed by atoms with Crippen LogP contribution in [-0.2, 0) is 0 Å². The first-order valence-corrected chi connectivity index (χ1v) is 6.98. The van der Waals surface area contributed by atoms with Crippen molar-refractivity contribution in [3.8, 4) is 5.75 Å². The van der Waals surface area contributed by atoms with E-state index in [1.807, 2.05) is 37.3 Å². The summed E-state index contributed by atoms with van der Waals surface area (Å²) in [4.78, 5) is 4.45. The monoisotopic (exact) mass is 275 g/mol. The summed E-state index contributed by atoms with van der Waals surface area (Å²) in [7, 11) is 0. The van der Waals surface area contributed by atoms with Crippen molar-refractivity contribution in [3.63, 3.8) is 0 Å². The fraction of sp³-hybridized carbons (Fsp3) is 0.105. The van der Waals surface area contributed by atoms with E-state index in [1.165, 1.54) is 0 Å². The molecule has 0 saturated carbocycles. The van der Waals surface area contributed by atoms with Gasteiger partial charge in [-0.2, -0.15) is 0 Å². The van der Waals surface area contributed by atoms with Gasteiger partial charge in [0.15, 0.2) is 0 Å². The highest BCUT2D eigenvalue weighted by atomic mass is 16.3. The van der Waals surface area contributed by atoms with Gasteiger partial charge in [-0.3, -0.25) is 0 Å². The van der Waals surface area contributed by atoms with Gasteiger partial charge in [-0.25, -0.2) is 4.98 Å². The summed E-state index contributed by atoms with van der Waals surface area (Å²) in [5, 5.41) is 11.0. The highest BCUT2D eigenvalue weighted by Gasteiger charge is 2.08. The van der Waals surface area contributed by atoms with Crippen LogP contribution >= 0.6 is 0 Å². The SMILES string of the molecule is C/C(=C\c1ccccc1)c1cc(C)nc2c(O)cccc12. The van der Waals surface area contributed by atoms with Crippen molar-refractivity contribution in [2.75, 3.05) is 0 Å². The molecule has 21 heavy (non-hydrogen) atoms. The van der Waals surface area contributed by atoms with E-state index in [4.69, 9.17) is 0 Å². The normalized spacial score (nSPS) is 11.8. The van der Waals surface area contributed by atoms with Crippen molar-refractivity contribution < 1.29 is 5.11 Å². The van der Waals surface area contributed by atoms with Gasteiger partial charge >= 0.3 is 0 Å². The van der Waals surface area contributed by atoms with Gasteiger partial charge in [0.25, 0.3) is 0 Å². The topological polar surface area (TPSA) is 33.1 Å². The molecule has 1 aromatic heterocycles. The summed E-state index contributed by atoms with van der Waals surface area (Å²) in [6.07, 6.45) is 2.15. The number of nitrogens with zero attached hydrogens (tertiary/aromatic N) is 1. The third kappa shape index (κ3) is 2.65. The number of rotatable bonds is 2. The van der Waals surface area contributed by atoms with Crippen LogP contribution in [-0.4, -0.2) is 10.1 Å². The van der Waals surface area contributed by atoms with Crippen LogP contribution in [0.4, 0.5) is 0 Å². The predicted molar refractivity (Wildman–Crippen MR) is 88.1 cm³/mol. The second-order valence-electron chi connectivity index (χ2n) is 5.22. The van der Waals surface area contributed by atoms with Crippen LogP contribution < -0.4 is 0 Å². The summed E-state index contributed by atoms with van der Waals surface area (Å²) in [5.74, 6) is 0.227. The molecule has 0 fully saturated rings. The van der Waals surface area contributed by atoms with Crippen molar-refractivity contribution in [1.82, 2.24) is 4.98 Å². The highest BCUT2D eigenvalue weighted by molar-refractivity contribution is 5.97. The van der Waals surface area contributed by atoms with E-state index in [2.05, 4.69) is 36.2 Å². The van der Waals surface area contributed by atoms with Crippen LogP contribution in [0.15, 0.2) is 54.6 Å². The third-order valence-electron chi connectivity index (χ3n) is 3.55. The van der Waals surface area contributed by atoms with Gasteiger partial charge in [0.2, 0.25) is 0 Å². The first-order valence-electron chi connectivity index (χ1n) is 6.98. The Balaban J connectivity index is 2.20. The molecule has 2 heteroatoms. The largest absolute Gasteiger partial charge is 0.506 e. The number of para-hydroxylation sites is 1. The fourth-order valence-electron chi connectivity index (χ4n) is 2.56. The number of pyridine rings is 1. The zero-order valence-corrected chi connectivity index (χ0v) is 12.2. The van der Waals surface area contributed by atoms with Gasteiger partial charge in [-0.15, -0.1) is 0 Å². The van der Waals surface area contributed by atoms with Gasteiger partial charge < -0.3 is 5.11 Å². The second kappa shape index (κ2) is 5.41. The molecule has 3 rings (SSSR count). The molecule has 1 heterocycles. The van der Waals surface area contributed by atoms with Gasteiger partial charge in [0.1, 0.15) is 11.3 Å².